The summed E-state index contributed by atoms with van der Waals surface area (Å²) in [5.74, 6) is 0. The second kappa shape index (κ2) is 2.70. The Morgan fingerprint density at radius 1 is 1.24 bits per heavy atom. The van der Waals surface area contributed by atoms with E-state index in [1.165, 1.54) is 6.20 Å². The predicted molar refractivity (Wildman–Crippen MR) is 60.8 cm³/mol. The summed E-state index contributed by atoms with van der Waals surface area (Å²) in [6.45, 7) is 0. The van der Waals surface area contributed by atoms with Gasteiger partial charge in [0.1, 0.15) is 5.65 Å². The van der Waals surface area contributed by atoms with E-state index in [2.05, 4.69) is 25.3 Å². The SMILES string of the molecule is O=c1[nH]c2ccnn2c2c1cnc1[nH]ncc12. The molecule has 0 radical (unpaired) electrons. The zero-order chi connectivity index (χ0) is 11.4. The molecule has 4 heterocycles. The highest BCUT2D eigenvalue weighted by Crippen LogP contribution is 2.19. The number of hydrogen-bond acceptors (Lipinski definition) is 4. The molecule has 0 aliphatic rings. The average molecular weight is 226 g/mol. The van der Waals surface area contributed by atoms with Crippen LogP contribution in [0.4, 0.5) is 0 Å². The highest BCUT2D eigenvalue weighted by Gasteiger charge is 2.11. The summed E-state index contributed by atoms with van der Waals surface area (Å²) in [5.41, 5.74) is 1.83. The molecule has 0 bridgehead atoms. The largest absolute Gasteiger partial charge is 0.306 e. The molecule has 4 aromatic heterocycles. The van der Waals surface area contributed by atoms with Crippen molar-refractivity contribution in [1.29, 1.82) is 0 Å². The van der Waals surface area contributed by atoms with E-state index in [-0.39, 0.29) is 5.56 Å². The maximum Gasteiger partial charge on any atom is 0.260 e. The zero-order valence-corrected chi connectivity index (χ0v) is 8.51. The van der Waals surface area contributed by atoms with Gasteiger partial charge in [0.2, 0.25) is 0 Å². The Morgan fingerprint density at radius 2 is 2.18 bits per heavy atom. The Kier molecular flexibility index (Phi) is 1.34. The fraction of sp³-hybridized carbons (Fsp3) is 0. The topological polar surface area (TPSA) is 91.7 Å². The molecule has 0 aliphatic carbocycles. The molecule has 0 spiro atoms. The van der Waals surface area contributed by atoms with Crippen LogP contribution in [0.3, 0.4) is 0 Å². The van der Waals surface area contributed by atoms with Gasteiger partial charge in [0.05, 0.1) is 28.7 Å². The van der Waals surface area contributed by atoms with Crippen molar-refractivity contribution in [3.63, 3.8) is 0 Å². The smallest absolute Gasteiger partial charge is 0.260 e. The van der Waals surface area contributed by atoms with Crippen molar-refractivity contribution in [2.75, 3.05) is 0 Å². The number of nitrogens with zero attached hydrogens (tertiary/aromatic N) is 4. The Morgan fingerprint density at radius 3 is 3.12 bits per heavy atom. The van der Waals surface area contributed by atoms with Crippen LogP contribution in [-0.2, 0) is 0 Å². The van der Waals surface area contributed by atoms with E-state index in [0.29, 0.717) is 22.2 Å². The van der Waals surface area contributed by atoms with Gasteiger partial charge in [-0.2, -0.15) is 10.2 Å². The lowest BCUT2D eigenvalue weighted by atomic mass is 10.2. The van der Waals surface area contributed by atoms with E-state index >= 15 is 0 Å². The van der Waals surface area contributed by atoms with Crippen molar-refractivity contribution in [3.05, 3.63) is 35.0 Å². The van der Waals surface area contributed by atoms with Crippen molar-refractivity contribution in [3.8, 4) is 0 Å². The second-order valence-electron chi connectivity index (χ2n) is 3.74. The first kappa shape index (κ1) is 8.45. The molecule has 82 valence electrons. The summed E-state index contributed by atoms with van der Waals surface area (Å²) >= 11 is 0. The molecule has 0 saturated carbocycles. The lowest BCUT2D eigenvalue weighted by Gasteiger charge is -2.01. The standard InChI is InChI=1S/C10H6N6O/c17-10-6-3-11-9-5(4-12-15-9)8(6)16-7(14-10)1-2-13-16/h1-4H,(H,14,17)(H,11,12,15). The molecule has 17 heavy (non-hydrogen) atoms. The first-order valence-electron chi connectivity index (χ1n) is 5.02. The van der Waals surface area contributed by atoms with Gasteiger partial charge in [0.15, 0.2) is 5.65 Å². The van der Waals surface area contributed by atoms with E-state index in [1.807, 2.05) is 0 Å². The van der Waals surface area contributed by atoms with Gasteiger partial charge in [-0.05, 0) is 0 Å². The Labute approximate surface area is 93.1 Å². The number of fused-ring (bicyclic) bond motifs is 5. The van der Waals surface area contributed by atoms with E-state index in [1.54, 1.807) is 23.0 Å². The molecule has 0 saturated heterocycles. The number of hydrogen-bond donors (Lipinski definition) is 2. The molecule has 0 unspecified atom stereocenters. The minimum absolute atomic E-state index is 0.177. The summed E-state index contributed by atoms with van der Waals surface area (Å²) in [7, 11) is 0. The highest BCUT2D eigenvalue weighted by atomic mass is 16.1. The number of aromatic amines is 2. The lowest BCUT2D eigenvalue weighted by molar-refractivity contribution is 0.979. The van der Waals surface area contributed by atoms with Crippen LogP contribution >= 0.6 is 0 Å². The first-order valence-corrected chi connectivity index (χ1v) is 5.02. The van der Waals surface area contributed by atoms with Gasteiger partial charge in [-0.15, -0.1) is 0 Å². The van der Waals surface area contributed by atoms with Gasteiger partial charge < -0.3 is 4.98 Å². The molecule has 0 aromatic carbocycles. The van der Waals surface area contributed by atoms with Crippen LogP contribution in [0, 0.1) is 0 Å². The van der Waals surface area contributed by atoms with Crippen LogP contribution in [0.5, 0.6) is 0 Å². The van der Waals surface area contributed by atoms with Crippen molar-refractivity contribution in [1.82, 2.24) is 29.8 Å². The van der Waals surface area contributed by atoms with Crippen LogP contribution < -0.4 is 5.56 Å². The summed E-state index contributed by atoms with van der Waals surface area (Å²) < 4.78 is 1.68. The molecule has 7 heteroatoms. The molecule has 0 fully saturated rings. The Bertz CT molecular complexity index is 904. The third kappa shape index (κ3) is 0.949. The zero-order valence-electron chi connectivity index (χ0n) is 8.51. The molecule has 0 amide bonds. The summed E-state index contributed by atoms with van der Waals surface area (Å²) in [5, 5.41) is 12.2. The number of nitrogens with one attached hydrogen (secondary N) is 2. The maximum atomic E-state index is 11.9. The van der Waals surface area contributed by atoms with E-state index in [4.69, 9.17) is 0 Å². The highest BCUT2D eigenvalue weighted by molar-refractivity contribution is 6.01. The van der Waals surface area contributed by atoms with Crippen molar-refractivity contribution < 1.29 is 0 Å². The van der Waals surface area contributed by atoms with E-state index in [0.717, 1.165) is 5.39 Å². The van der Waals surface area contributed by atoms with E-state index < -0.39 is 0 Å². The number of pyridine rings is 1. The van der Waals surface area contributed by atoms with Crippen molar-refractivity contribution in [2.24, 2.45) is 0 Å². The quantitative estimate of drug-likeness (QED) is 0.455. The average Bonchev–Trinajstić information content (AvgIpc) is 2.95. The summed E-state index contributed by atoms with van der Waals surface area (Å²) in [6.07, 6.45) is 4.80. The second-order valence-corrected chi connectivity index (χ2v) is 3.74. The van der Waals surface area contributed by atoms with Gasteiger partial charge in [0, 0.05) is 12.3 Å². The molecular formula is C10H6N6O. The fourth-order valence-electron chi connectivity index (χ4n) is 2.04. The third-order valence-corrected chi connectivity index (χ3v) is 2.79. The van der Waals surface area contributed by atoms with Crippen LogP contribution in [0.1, 0.15) is 0 Å². The van der Waals surface area contributed by atoms with Crippen LogP contribution in [0.15, 0.2) is 29.5 Å². The molecule has 4 aromatic rings. The molecule has 0 aliphatic heterocycles. The molecule has 4 rings (SSSR count). The molecule has 0 atom stereocenters. The molecule has 7 nitrogen and oxygen atoms in total. The Hall–Kier alpha value is -2.70. The van der Waals surface area contributed by atoms with Crippen LogP contribution in [0.2, 0.25) is 0 Å². The van der Waals surface area contributed by atoms with Crippen LogP contribution in [0.25, 0.3) is 27.6 Å². The van der Waals surface area contributed by atoms with Gasteiger partial charge in [0.25, 0.3) is 5.56 Å². The minimum Gasteiger partial charge on any atom is -0.306 e. The number of rotatable bonds is 0. The fourth-order valence-corrected chi connectivity index (χ4v) is 2.04. The monoisotopic (exact) mass is 226 g/mol. The molecule has 2 N–H and O–H groups in total. The van der Waals surface area contributed by atoms with Gasteiger partial charge in [-0.1, -0.05) is 0 Å². The minimum atomic E-state index is -0.177. The number of aromatic nitrogens is 6. The normalized spacial score (nSPS) is 11.8. The first-order chi connectivity index (χ1) is 8.34. The van der Waals surface area contributed by atoms with Gasteiger partial charge in [-0.25, -0.2) is 9.50 Å². The summed E-state index contributed by atoms with van der Waals surface area (Å²) in [4.78, 5) is 18.8. The van der Waals surface area contributed by atoms with Crippen molar-refractivity contribution >= 4 is 27.6 Å². The lowest BCUT2D eigenvalue weighted by Crippen LogP contribution is -2.10. The Balaban J connectivity index is 2.50. The third-order valence-electron chi connectivity index (χ3n) is 2.79. The van der Waals surface area contributed by atoms with E-state index in [9.17, 15) is 4.79 Å². The summed E-state index contributed by atoms with van der Waals surface area (Å²) in [6, 6.07) is 1.74. The van der Waals surface area contributed by atoms with Gasteiger partial charge in [-0.3, -0.25) is 9.89 Å². The number of H-pyrrole nitrogens is 2. The van der Waals surface area contributed by atoms with Crippen LogP contribution in [-0.4, -0.2) is 29.8 Å². The molecular weight excluding hydrogens is 220 g/mol. The van der Waals surface area contributed by atoms with Gasteiger partial charge >= 0.3 is 0 Å². The predicted octanol–water partition coefficient (Wildman–Crippen LogP) is 0.447. The maximum absolute atomic E-state index is 11.9. The van der Waals surface area contributed by atoms with Crippen molar-refractivity contribution in [2.45, 2.75) is 0 Å².